The molecule has 15 heteroatoms. The first-order chi connectivity index (χ1) is 17.5. The van der Waals surface area contributed by atoms with Gasteiger partial charge in [-0.2, -0.15) is 30.8 Å². The largest absolute Gasteiger partial charge is 0.518 e. The topological polar surface area (TPSA) is 96.8 Å². The summed E-state index contributed by atoms with van der Waals surface area (Å²) < 4.78 is 96.5. The molecule has 1 N–H and O–H groups in total. The smallest absolute Gasteiger partial charge is 0.444 e. The molecule has 0 spiro atoms. The fourth-order valence-corrected chi connectivity index (χ4v) is 6.00. The number of likely N-dealkylation sites (N-methyl/N-ethyl adjacent to an activating group) is 1. The summed E-state index contributed by atoms with van der Waals surface area (Å²) in [7, 11) is -3.90. The Kier molecular flexibility index (Phi) is 7.42. The quantitative estimate of drug-likeness (QED) is 0.556. The number of fused-ring (bicyclic) bond motifs is 1. The van der Waals surface area contributed by atoms with Crippen molar-refractivity contribution < 1.29 is 39.9 Å². The Balaban J connectivity index is 1.54. The Morgan fingerprint density at radius 2 is 1.84 bits per heavy atom. The molecular weight excluding hydrogens is 537 g/mol. The zero-order chi connectivity index (χ0) is 28.2. The van der Waals surface area contributed by atoms with Crippen molar-refractivity contribution in [3.05, 3.63) is 41.3 Å². The van der Waals surface area contributed by atoms with Gasteiger partial charge in [0.2, 0.25) is 0 Å². The second kappa shape index (κ2) is 9.90. The van der Waals surface area contributed by atoms with Crippen molar-refractivity contribution in [1.29, 1.82) is 0 Å². The van der Waals surface area contributed by atoms with E-state index in [0.29, 0.717) is 18.5 Å². The number of halogens is 5. The predicted molar refractivity (Wildman–Crippen MR) is 126 cm³/mol. The molecule has 1 fully saturated rings. The molecule has 1 aliphatic carbocycles. The highest BCUT2D eigenvalue weighted by atomic mass is 32.2. The van der Waals surface area contributed by atoms with Crippen LogP contribution >= 0.6 is 0 Å². The van der Waals surface area contributed by atoms with Gasteiger partial charge in [0.15, 0.2) is 0 Å². The highest BCUT2D eigenvalue weighted by molar-refractivity contribution is 7.90. The van der Waals surface area contributed by atoms with Crippen molar-refractivity contribution in [2.24, 2.45) is 5.92 Å². The van der Waals surface area contributed by atoms with Crippen LogP contribution in [0.15, 0.2) is 30.0 Å². The van der Waals surface area contributed by atoms with Crippen molar-refractivity contribution in [2.75, 3.05) is 13.6 Å². The van der Waals surface area contributed by atoms with E-state index in [2.05, 4.69) is 10.4 Å². The second-order valence-corrected chi connectivity index (χ2v) is 12.7. The van der Waals surface area contributed by atoms with E-state index >= 15 is 0 Å². The van der Waals surface area contributed by atoms with Gasteiger partial charge in [-0.15, -0.1) is 0 Å². The SMILES string of the molecule is CN1CC(N2Cc3cn(S(=O)(=O)C(F)(F)F)nc3C2)CC(NC(=O)OC(C)(C)C)[C@H]1C1CC(F)=CC=C1F. The summed E-state index contributed by atoms with van der Waals surface area (Å²) in [6, 6.07) is -1.50. The Morgan fingerprint density at radius 1 is 1.16 bits per heavy atom. The van der Waals surface area contributed by atoms with Crippen LogP contribution in [-0.4, -0.2) is 76.3 Å². The number of hydrogen-bond acceptors (Lipinski definition) is 7. The highest BCUT2D eigenvalue weighted by Crippen LogP contribution is 2.38. The summed E-state index contributed by atoms with van der Waals surface area (Å²) in [6.07, 6.45) is 2.46. The van der Waals surface area contributed by atoms with Crippen LogP contribution in [0.25, 0.3) is 0 Å². The van der Waals surface area contributed by atoms with Crippen LogP contribution in [0.1, 0.15) is 44.9 Å². The van der Waals surface area contributed by atoms with E-state index in [0.717, 1.165) is 18.3 Å². The molecule has 1 aromatic rings. The molecule has 9 nitrogen and oxygen atoms in total. The van der Waals surface area contributed by atoms with Crippen LogP contribution in [0.2, 0.25) is 0 Å². The molecule has 0 saturated carbocycles. The zero-order valence-electron chi connectivity index (χ0n) is 21.3. The average Bonchev–Trinajstić information content (AvgIpc) is 3.33. The van der Waals surface area contributed by atoms with E-state index in [1.165, 1.54) is 0 Å². The van der Waals surface area contributed by atoms with Gasteiger partial charge in [-0.05, 0) is 46.4 Å². The molecule has 1 aromatic heterocycles. The van der Waals surface area contributed by atoms with E-state index in [1.54, 1.807) is 27.8 Å². The Bertz CT molecular complexity index is 1230. The summed E-state index contributed by atoms with van der Waals surface area (Å²) in [5.74, 6) is -1.81. The average molecular weight is 568 g/mol. The first kappa shape index (κ1) is 28.5. The lowest BCUT2D eigenvalue weighted by Crippen LogP contribution is -2.63. The van der Waals surface area contributed by atoms with Gasteiger partial charge in [-0.25, -0.2) is 13.6 Å². The molecule has 2 aliphatic heterocycles. The van der Waals surface area contributed by atoms with Gasteiger partial charge >= 0.3 is 21.6 Å². The number of carbonyl (C=O) groups excluding carboxylic acids is 1. The van der Waals surface area contributed by atoms with E-state index in [1.807, 2.05) is 9.80 Å². The number of allylic oxidation sites excluding steroid dienone is 3. The van der Waals surface area contributed by atoms with Gasteiger partial charge in [0.05, 0.1) is 5.69 Å². The van der Waals surface area contributed by atoms with Crippen LogP contribution in [0.5, 0.6) is 0 Å². The van der Waals surface area contributed by atoms with Gasteiger partial charge < -0.3 is 10.1 Å². The summed E-state index contributed by atoms with van der Waals surface area (Å²) in [4.78, 5) is 16.4. The zero-order valence-corrected chi connectivity index (χ0v) is 22.1. The van der Waals surface area contributed by atoms with E-state index < -0.39 is 56.9 Å². The third-order valence-corrected chi connectivity index (χ3v) is 8.16. The maximum atomic E-state index is 14.8. The van der Waals surface area contributed by atoms with Crippen molar-refractivity contribution in [1.82, 2.24) is 24.3 Å². The number of hydrogen-bond donors (Lipinski definition) is 1. The maximum absolute atomic E-state index is 14.8. The van der Waals surface area contributed by atoms with Crippen LogP contribution in [0, 0.1) is 5.92 Å². The van der Waals surface area contributed by atoms with Crippen LogP contribution in [0.4, 0.5) is 26.7 Å². The number of amides is 1. The van der Waals surface area contributed by atoms with Gasteiger partial charge in [-0.1, -0.05) is 0 Å². The standard InChI is InChI=1S/C23H30F5N5O4S/c1-22(2,3)37-21(34)29-18-8-15(11-31(4)20(18)16-7-14(24)5-6-17(16)25)32-9-13-10-33(30-19(13)12-32)38(35,36)23(26,27)28/h5-6,10,15-16,18,20H,7-9,11-12H2,1-4H3,(H,29,34)/t15?,16?,18?,20-/m1/s1. The summed E-state index contributed by atoms with van der Waals surface area (Å²) in [5, 5.41) is 6.48. The molecule has 3 unspecified atom stereocenters. The normalized spacial score (nSPS) is 27.5. The number of rotatable bonds is 4. The minimum atomic E-state index is -5.63. The molecule has 212 valence electrons. The molecular formula is C23H30F5N5O4S. The lowest BCUT2D eigenvalue weighted by atomic mass is 9.80. The molecule has 38 heavy (non-hydrogen) atoms. The number of carbonyl (C=O) groups is 1. The fraction of sp³-hybridized carbons (Fsp3) is 0.652. The van der Waals surface area contributed by atoms with E-state index in [9.17, 15) is 35.2 Å². The maximum Gasteiger partial charge on any atom is 0.518 e. The number of nitrogens with zero attached hydrogens (tertiary/aromatic N) is 4. The van der Waals surface area contributed by atoms with Crippen molar-refractivity contribution in [3.63, 3.8) is 0 Å². The highest BCUT2D eigenvalue weighted by Gasteiger charge is 2.49. The molecule has 4 rings (SSSR count). The van der Waals surface area contributed by atoms with E-state index in [-0.39, 0.29) is 35.3 Å². The van der Waals surface area contributed by atoms with Gasteiger partial charge in [0.25, 0.3) is 0 Å². The Hall–Kier alpha value is -2.52. The predicted octanol–water partition coefficient (Wildman–Crippen LogP) is 3.59. The molecule has 1 amide bonds. The van der Waals surface area contributed by atoms with E-state index in [4.69, 9.17) is 4.74 Å². The van der Waals surface area contributed by atoms with Crippen molar-refractivity contribution >= 4 is 16.1 Å². The molecule has 4 atom stereocenters. The van der Waals surface area contributed by atoms with Crippen LogP contribution in [0.3, 0.4) is 0 Å². The molecule has 3 aliphatic rings. The summed E-state index contributed by atoms with van der Waals surface area (Å²) in [5.41, 5.74) is -5.73. The van der Waals surface area contributed by atoms with Gasteiger partial charge in [-0.3, -0.25) is 9.80 Å². The first-order valence-corrected chi connectivity index (χ1v) is 13.4. The second-order valence-electron chi connectivity index (χ2n) is 10.9. The third kappa shape index (κ3) is 5.73. The Morgan fingerprint density at radius 3 is 2.45 bits per heavy atom. The molecule has 0 radical (unpaired) electrons. The fourth-order valence-electron chi connectivity index (χ4n) is 5.32. The number of ether oxygens (including phenoxy) is 1. The summed E-state index contributed by atoms with van der Waals surface area (Å²) >= 11 is 0. The van der Waals surface area contributed by atoms with Crippen molar-refractivity contribution in [3.8, 4) is 0 Å². The minimum Gasteiger partial charge on any atom is -0.444 e. The number of nitrogens with one attached hydrogen (secondary N) is 1. The Labute approximate surface area is 217 Å². The third-order valence-electron chi connectivity index (χ3n) is 6.89. The van der Waals surface area contributed by atoms with Crippen LogP contribution < -0.4 is 5.32 Å². The monoisotopic (exact) mass is 567 g/mol. The lowest BCUT2D eigenvalue weighted by molar-refractivity contribution is -0.0450. The van der Waals surface area contributed by atoms with Gasteiger partial charge in [0.1, 0.15) is 17.3 Å². The molecule has 3 heterocycles. The van der Waals surface area contributed by atoms with Gasteiger partial charge in [0, 0.05) is 61.9 Å². The number of alkyl carbamates (subject to hydrolysis) is 1. The van der Waals surface area contributed by atoms with Crippen LogP contribution in [-0.2, 0) is 27.8 Å². The number of likely N-dealkylation sites (tertiary alicyclic amines) is 1. The molecule has 0 aromatic carbocycles. The minimum absolute atomic E-state index is 0.0504. The number of alkyl halides is 3. The summed E-state index contributed by atoms with van der Waals surface area (Å²) in [6.45, 7) is 5.71. The molecule has 0 bridgehead atoms. The number of piperidine rings is 1. The molecule has 1 saturated heterocycles. The van der Waals surface area contributed by atoms with Crippen molar-refractivity contribution in [2.45, 2.75) is 75.9 Å². The first-order valence-electron chi connectivity index (χ1n) is 12.0. The number of aromatic nitrogens is 2. The lowest BCUT2D eigenvalue weighted by Gasteiger charge is -2.48.